The third-order valence-electron chi connectivity index (χ3n) is 1.83. The quantitative estimate of drug-likeness (QED) is 0.789. The zero-order valence-corrected chi connectivity index (χ0v) is 9.21. The summed E-state index contributed by atoms with van der Waals surface area (Å²) in [6.45, 7) is 0. The Morgan fingerprint density at radius 3 is 2.83 bits per heavy atom. The predicted octanol–water partition coefficient (Wildman–Crippen LogP) is 2.93. The Hall–Kier alpha value is -0.280. The summed E-state index contributed by atoms with van der Waals surface area (Å²) in [5.74, 6) is 1.26. The molecule has 0 saturated heterocycles. The molecule has 0 aromatic heterocycles. The summed E-state index contributed by atoms with van der Waals surface area (Å²) in [6.07, 6.45) is 0. The number of halogens is 1. The molecule has 0 amide bonds. The molecule has 1 N–H and O–H groups in total. The minimum atomic E-state index is 0.432. The molecule has 2 rings (SSSR count). The van der Waals surface area contributed by atoms with E-state index < -0.39 is 0 Å². The predicted molar refractivity (Wildman–Crippen MR) is 60.5 cm³/mol. The second-order valence-electron chi connectivity index (χ2n) is 2.65. The van der Waals surface area contributed by atoms with E-state index in [2.05, 4.69) is 44.8 Å². The number of hydrogen-bond donors (Lipinski definition) is 1. The Morgan fingerprint density at radius 2 is 2.25 bits per heavy atom. The Bertz CT molecular complexity index is 346. The number of rotatable bonds is 2. The number of benzene rings is 1. The molecule has 1 aromatic carbocycles. The highest BCUT2D eigenvalue weighted by atomic mass is 79.9. The van der Waals surface area contributed by atoms with Crippen LogP contribution in [0, 0.1) is 0 Å². The fourth-order valence-corrected chi connectivity index (χ4v) is 3.01. The van der Waals surface area contributed by atoms with E-state index in [0.717, 1.165) is 0 Å². The summed E-state index contributed by atoms with van der Waals surface area (Å²) in [5, 5.41) is 5.56. The number of nitrogens with one attached hydrogen (secondary N) is 1. The van der Waals surface area contributed by atoms with Crippen LogP contribution in [-0.4, -0.2) is 18.2 Å². The van der Waals surface area contributed by atoms with Crippen molar-refractivity contribution in [2.45, 2.75) is 4.90 Å². The molecule has 1 unspecified atom stereocenters. The molecule has 0 fully saturated rings. The van der Waals surface area contributed by atoms with Gasteiger partial charge < -0.3 is 5.32 Å². The Kier molecular flexibility index (Phi) is 2.24. The molecule has 0 spiro atoms. The molecule has 0 radical (unpaired) electrons. The van der Waals surface area contributed by atoms with Crippen molar-refractivity contribution in [2.24, 2.45) is 0 Å². The van der Waals surface area contributed by atoms with Crippen LogP contribution in [0.4, 0.5) is 5.69 Å². The average Bonchev–Trinajstić information content (AvgIpc) is 2.87. The highest BCUT2D eigenvalue weighted by Crippen LogP contribution is 2.40. The van der Waals surface area contributed by atoms with E-state index in [1.165, 1.54) is 20.8 Å². The molecule has 1 nitrogen and oxygen atoms in total. The molecular formula is C9H10BrNS. The van der Waals surface area contributed by atoms with Gasteiger partial charge in [0.2, 0.25) is 0 Å². The van der Waals surface area contributed by atoms with Crippen LogP contribution in [-0.2, 0) is 0 Å². The fourth-order valence-electron chi connectivity index (χ4n) is 1.13. The van der Waals surface area contributed by atoms with Gasteiger partial charge in [0.1, 0.15) is 0 Å². The van der Waals surface area contributed by atoms with Crippen molar-refractivity contribution in [1.82, 2.24) is 0 Å². The van der Waals surface area contributed by atoms with E-state index in [0.29, 0.717) is 10.5 Å². The normalized spacial score (nSPS) is 20.0. The van der Waals surface area contributed by atoms with E-state index in [1.807, 2.05) is 7.05 Å². The van der Waals surface area contributed by atoms with Gasteiger partial charge in [-0.05, 0) is 23.6 Å². The van der Waals surface area contributed by atoms with Gasteiger partial charge in [-0.2, -0.15) is 10.5 Å². The number of hydrogen-bond acceptors (Lipinski definition) is 1. The second kappa shape index (κ2) is 3.23. The molecular weight excluding hydrogens is 234 g/mol. The van der Waals surface area contributed by atoms with Crippen LogP contribution in [0.3, 0.4) is 0 Å². The lowest BCUT2D eigenvalue weighted by Gasteiger charge is -2.06. The summed E-state index contributed by atoms with van der Waals surface area (Å²) in [7, 11) is 2.40. The van der Waals surface area contributed by atoms with Crippen molar-refractivity contribution in [3.05, 3.63) is 22.7 Å². The summed E-state index contributed by atoms with van der Waals surface area (Å²) >= 11 is 3.48. The first-order valence-corrected chi connectivity index (χ1v) is 6.06. The summed E-state index contributed by atoms with van der Waals surface area (Å²) in [5.41, 5.74) is 1.26. The van der Waals surface area contributed by atoms with Crippen LogP contribution < -0.4 is 5.32 Å². The van der Waals surface area contributed by atoms with E-state index in [9.17, 15) is 0 Å². The van der Waals surface area contributed by atoms with Gasteiger partial charge in [0, 0.05) is 27.9 Å². The highest BCUT2D eigenvalue weighted by Gasteiger charge is 2.12. The van der Waals surface area contributed by atoms with Crippen molar-refractivity contribution in [1.29, 1.82) is 0 Å². The van der Waals surface area contributed by atoms with Crippen LogP contribution >= 0.6 is 26.4 Å². The molecule has 64 valence electrons. The molecule has 1 aliphatic rings. The zero-order chi connectivity index (χ0) is 8.55. The molecule has 3 heteroatoms. The maximum atomic E-state index is 3.48. The first kappa shape index (κ1) is 8.32. The van der Waals surface area contributed by atoms with Crippen LogP contribution in [0.5, 0.6) is 0 Å². The SMILES string of the molecule is CNc1ccc(Br)cc1S1=CC1. The van der Waals surface area contributed by atoms with Crippen molar-refractivity contribution in [2.75, 3.05) is 18.1 Å². The Balaban J connectivity index is 2.47. The van der Waals surface area contributed by atoms with Crippen LogP contribution in [0.1, 0.15) is 0 Å². The third-order valence-corrected chi connectivity index (χ3v) is 3.89. The topological polar surface area (TPSA) is 12.0 Å². The minimum absolute atomic E-state index is 0.432. The van der Waals surface area contributed by atoms with Gasteiger partial charge in [0.05, 0.1) is 0 Å². The molecule has 0 aliphatic carbocycles. The van der Waals surface area contributed by atoms with Gasteiger partial charge >= 0.3 is 0 Å². The van der Waals surface area contributed by atoms with Crippen molar-refractivity contribution in [3.63, 3.8) is 0 Å². The summed E-state index contributed by atoms with van der Waals surface area (Å²) in [4.78, 5) is 1.44. The lowest BCUT2D eigenvalue weighted by atomic mass is 10.3. The highest BCUT2D eigenvalue weighted by molar-refractivity contribution is 9.10. The first-order chi connectivity index (χ1) is 5.81. The van der Waals surface area contributed by atoms with Crippen LogP contribution in [0.25, 0.3) is 0 Å². The standard InChI is InChI=1S/C9H10BrNS/c1-11-8-3-2-7(10)6-9(8)12-4-5-12/h2-4,6,11H,5H2,1H3. The van der Waals surface area contributed by atoms with Crippen LogP contribution in [0.15, 0.2) is 27.6 Å². The van der Waals surface area contributed by atoms with E-state index in [-0.39, 0.29) is 0 Å². The molecule has 1 heterocycles. The van der Waals surface area contributed by atoms with E-state index in [4.69, 9.17) is 0 Å². The molecule has 12 heavy (non-hydrogen) atoms. The smallest absolute Gasteiger partial charge is 0.0471 e. The van der Waals surface area contributed by atoms with E-state index >= 15 is 0 Å². The Labute approximate surface area is 83.2 Å². The van der Waals surface area contributed by atoms with Crippen molar-refractivity contribution < 1.29 is 0 Å². The molecule has 1 aliphatic heterocycles. The van der Waals surface area contributed by atoms with E-state index in [1.54, 1.807) is 0 Å². The second-order valence-corrected chi connectivity index (χ2v) is 5.53. The minimum Gasteiger partial charge on any atom is -0.387 e. The monoisotopic (exact) mass is 243 g/mol. The first-order valence-electron chi connectivity index (χ1n) is 3.81. The molecule has 1 atom stereocenters. The zero-order valence-electron chi connectivity index (χ0n) is 6.80. The summed E-state index contributed by atoms with van der Waals surface area (Å²) < 4.78 is 1.17. The van der Waals surface area contributed by atoms with Gasteiger partial charge in [0.15, 0.2) is 0 Å². The van der Waals surface area contributed by atoms with Gasteiger partial charge in [-0.15, -0.1) is 0 Å². The lowest BCUT2D eigenvalue weighted by Crippen LogP contribution is -1.89. The van der Waals surface area contributed by atoms with Crippen LogP contribution in [0.2, 0.25) is 0 Å². The van der Waals surface area contributed by atoms with Gasteiger partial charge in [0.25, 0.3) is 0 Å². The summed E-state index contributed by atoms with van der Waals surface area (Å²) in [6, 6.07) is 6.40. The maximum absolute atomic E-state index is 3.48. The maximum Gasteiger partial charge on any atom is 0.0471 e. The van der Waals surface area contributed by atoms with Gasteiger partial charge in [-0.3, -0.25) is 0 Å². The van der Waals surface area contributed by atoms with Crippen molar-refractivity contribution >= 4 is 37.5 Å². The molecule has 0 bridgehead atoms. The average molecular weight is 244 g/mol. The molecule has 0 saturated carbocycles. The molecule has 1 aromatic rings. The lowest BCUT2D eigenvalue weighted by molar-refractivity contribution is 1.37. The fraction of sp³-hybridized carbons (Fsp3) is 0.222. The Morgan fingerprint density at radius 1 is 1.50 bits per heavy atom. The largest absolute Gasteiger partial charge is 0.387 e. The number of anilines is 1. The van der Waals surface area contributed by atoms with Crippen molar-refractivity contribution in [3.8, 4) is 0 Å². The van der Waals surface area contributed by atoms with Gasteiger partial charge in [-0.1, -0.05) is 15.9 Å². The third kappa shape index (κ3) is 1.57. The van der Waals surface area contributed by atoms with Gasteiger partial charge in [-0.25, -0.2) is 0 Å².